The van der Waals surface area contributed by atoms with Crippen LogP contribution in [0, 0.1) is 28.6 Å². The first-order chi connectivity index (χ1) is 24.7. The van der Waals surface area contributed by atoms with E-state index < -0.39 is 17.9 Å². The number of amides is 1. The number of halogens is 1. The minimum atomic E-state index is -0.786. The highest BCUT2D eigenvalue weighted by Gasteiger charge is 2.27. The van der Waals surface area contributed by atoms with Gasteiger partial charge in [0.05, 0.1) is 17.8 Å². The topological polar surface area (TPSA) is 167 Å². The van der Waals surface area contributed by atoms with Crippen LogP contribution in [0.2, 0.25) is 5.02 Å². The van der Waals surface area contributed by atoms with Crippen LogP contribution in [0.4, 0.5) is 5.82 Å². The summed E-state index contributed by atoms with van der Waals surface area (Å²) in [5.74, 6) is 0.772. The van der Waals surface area contributed by atoms with E-state index in [2.05, 4.69) is 22.4 Å². The van der Waals surface area contributed by atoms with Gasteiger partial charge in [0, 0.05) is 40.4 Å². The average Bonchev–Trinajstić information content (AvgIpc) is 3.85. The van der Waals surface area contributed by atoms with Crippen molar-refractivity contribution in [1.82, 2.24) is 15.3 Å². The number of rotatable bonds is 15. The molecule has 0 spiro atoms. The Morgan fingerprint density at radius 1 is 1.02 bits per heavy atom. The van der Waals surface area contributed by atoms with Crippen LogP contribution in [0.3, 0.4) is 0 Å². The number of thiazole rings is 1. The van der Waals surface area contributed by atoms with Crippen molar-refractivity contribution in [3.63, 3.8) is 0 Å². The van der Waals surface area contributed by atoms with Crippen molar-refractivity contribution < 1.29 is 19.1 Å². The molecule has 14 heteroatoms. The minimum Gasteiger partial charge on any atom is -0.490 e. The summed E-state index contributed by atoms with van der Waals surface area (Å²) in [4.78, 5) is 36.2. The molecule has 3 N–H and O–H groups in total. The molecule has 51 heavy (non-hydrogen) atoms. The number of anilines is 1. The van der Waals surface area contributed by atoms with Gasteiger partial charge in [-0.05, 0) is 55.0 Å². The highest BCUT2D eigenvalue weighted by atomic mass is 35.5. The first kappa shape index (κ1) is 37.6. The molecule has 2 aromatic carbocycles. The van der Waals surface area contributed by atoms with E-state index in [1.165, 1.54) is 23.1 Å². The number of nitrogens with one attached hydrogen (secondary N) is 1. The molecule has 1 saturated heterocycles. The zero-order valence-electron chi connectivity index (χ0n) is 28.4. The maximum absolute atomic E-state index is 12.6. The van der Waals surface area contributed by atoms with Crippen LogP contribution in [0.15, 0.2) is 58.9 Å². The average molecular weight is 744 g/mol. The molecule has 5 rings (SSSR count). The normalized spacial score (nSPS) is 13.0. The van der Waals surface area contributed by atoms with Gasteiger partial charge in [0.1, 0.15) is 58.6 Å². The second-order valence-electron chi connectivity index (χ2n) is 12.2. The lowest BCUT2D eigenvalue weighted by Crippen LogP contribution is -2.45. The van der Waals surface area contributed by atoms with Gasteiger partial charge in [-0.2, -0.15) is 10.5 Å². The van der Waals surface area contributed by atoms with Crippen molar-refractivity contribution in [2.24, 2.45) is 11.7 Å². The SMILES string of the molecule is CC(C)C[C@H](NC(=O)CN)C(=O)OCCOc1ccc(-c2c(C#N)c(SCc3csc(-c4ccc(Cl)cc4)n3)nc(N3CCCC3)c2C#N)cc1. The summed E-state index contributed by atoms with van der Waals surface area (Å²) in [6.07, 6.45) is 2.42. The van der Waals surface area contributed by atoms with Gasteiger partial charge >= 0.3 is 5.97 Å². The number of benzene rings is 2. The van der Waals surface area contributed by atoms with Crippen LogP contribution >= 0.6 is 34.7 Å². The number of nitriles is 2. The van der Waals surface area contributed by atoms with E-state index in [1.54, 1.807) is 24.3 Å². The standard InChI is InChI=1S/C37H38ClN7O4S2/c1-23(2)17-31(43-32(46)20-41)37(47)49-16-15-48-28-11-7-24(8-12-28)33-29(18-39)34(45-13-3-4-14-45)44-36(30(33)19-40)51-22-27-21-50-35(42-27)25-5-9-26(38)10-6-25/h5-12,21,23,31H,3-4,13-17,20,22,41H2,1-2H3,(H,43,46)/t31-/m0/s1. The third-order valence-corrected chi connectivity index (χ3v) is 10.2. The number of carbonyl (C=O) groups excluding carboxylic acids is 2. The van der Waals surface area contributed by atoms with Crippen LogP contribution in [-0.2, 0) is 20.1 Å². The third-order valence-electron chi connectivity index (χ3n) is 8.03. The second-order valence-corrected chi connectivity index (χ2v) is 14.5. The van der Waals surface area contributed by atoms with E-state index in [1.807, 2.05) is 43.5 Å². The summed E-state index contributed by atoms with van der Waals surface area (Å²) in [6, 6.07) is 18.5. The first-order valence-electron chi connectivity index (χ1n) is 16.6. The van der Waals surface area contributed by atoms with Gasteiger partial charge in [0.2, 0.25) is 5.91 Å². The van der Waals surface area contributed by atoms with Crippen LogP contribution < -0.4 is 20.7 Å². The van der Waals surface area contributed by atoms with E-state index in [0.29, 0.717) is 56.0 Å². The van der Waals surface area contributed by atoms with E-state index in [9.17, 15) is 20.1 Å². The number of esters is 1. The molecule has 1 amide bonds. The summed E-state index contributed by atoms with van der Waals surface area (Å²) in [5, 5.41) is 27.5. The maximum atomic E-state index is 12.6. The number of thioether (sulfide) groups is 1. The number of hydrogen-bond donors (Lipinski definition) is 2. The van der Waals surface area contributed by atoms with Crippen molar-refractivity contribution in [3.8, 4) is 39.6 Å². The Labute approximate surface area is 310 Å². The number of nitrogens with zero attached hydrogens (tertiary/aromatic N) is 5. The molecule has 11 nitrogen and oxygen atoms in total. The molecule has 1 aliphatic heterocycles. The molecule has 0 radical (unpaired) electrons. The molecular weight excluding hydrogens is 706 g/mol. The lowest BCUT2D eigenvalue weighted by atomic mass is 9.96. The van der Waals surface area contributed by atoms with Crippen molar-refractivity contribution in [2.75, 3.05) is 37.7 Å². The Balaban J connectivity index is 1.33. The molecule has 0 unspecified atom stereocenters. The first-order valence-corrected chi connectivity index (χ1v) is 18.8. The van der Waals surface area contributed by atoms with Crippen molar-refractivity contribution in [2.45, 2.75) is 49.9 Å². The largest absolute Gasteiger partial charge is 0.490 e. The molecule has 2 aromatic heterocycles. The number of hydrogen-bond acceptors (Lipinski definition) is 12. The molecule has 1 atom stereocenters. The Morgan fingerprint density at radius 3 is 2.35 bits per heavy atom. The van der Waals surface area contributed by atoms with Crippen LogP contribution in [0.5, 0.6) is 5.75 Å². The smallest absolute Gasteiger partial charge is 0.328 e. The molecule has 3 heterocycles. The van der Waals surface area contributed by atoms with Crippen molar-refractivity contribution >= 4 is 52.4 Å². The van der Waals surface area contributed by atoms with Gasteiger partial charge in [-0.1, -0.05) is 61.5 Å². The Bertz CT molecular complexity index is 1920. The molecule has 1 fully saturated rings. The van der Waals surface area contributed by atoms with Gasteiger partial charge in [-0.25, -0.2) is 14.8 Å². The Morgan fingerprint density at radius 2 is 1.71 bits per heavy atom. The predicted octanol–water partition coefficient (Wildman–Crippen LogP) is 6.57. The fraction of sp³-hybridized carbons (Fsp3) is 0.351. The van der Waals surface area contributed by atoms with Crippen LogP contribution in [-0.4, -0.2) is 60.7 Å². The highest BCUT2D eigenvalue weighted by molar-refractivity contribution is 7.98. The second kappa shape index (κ2) is 18.0. The lowest BCUT2D eigenvalue weighted by molar-refractivity contribution is -0.149. The fourth-order valence-electron chi connectivity index (χ4n) is 5.61. The summed E-state index contributed by atoms with van der Waals surface area (Å²) in [6.45, 7) is 5.30. The summed E-state index contributed by atoms with van der Waals surface area (Å²) < 4.78 is 11.2. The van der Waals surface area contributed by atoms with Crippen LogP contribution in [0.1, 0.15) is 49.9 Å². The lowest BCUT2D eigenvalue weighted by Gasteiger charge is -2.22. The third kappa shape index (κ3) is 9.78. The van der Waals surface area contributed by atoms with Crippen molar-refractivity contribution in [3.05, 3.63) is 75.8 Å². The molecule has 0 saturated carbocycles. The molecule has 264 valence electrons. The Hall–Kier alpha value is -4.66. The molecule has 4 aromatic rings. The van der Waals surface area contributed by atoms with Gasteiger partial charge in [0.25, 0.3) is 0 Å². The number of pyridine rings is 1. The predicted molar refractivity (Wildman–Crippen MR) is 200 cm³/mol. The van der Waals surface area contributed by atoms with E-state index >= 15 is 0 Å². The monoisotopic (exact) mass is 743 g/mol. The summed E-state index contributed by atoms with van der Waals surface area (Å²) >= 11 is 9.02. The molecule has 0 bridgehead atoms. The zero-order chi connectivity index (χ0) is 36.3. The Kier molecular flexibility index (Phi) is 13.3. The van der Waals surface area contributed by atoms with Gasteiger partial charge in [0.15, 0.2) is 0 Å². The number of aromatic nitrogens is 2. The van der Waals surface area contributed by atoms with Gasteiger partial charge < -0.3 is 25.4 Å². The summed E-state index contributed by atoms with van der Waals surface area (Å²) in [7, 11) is 0. The minimum absolute atomic E-state index is 0.0187. The molecule has 1 aliphatic rings. The number of nitrogens with two attached hydrogens (primary N) is 1. The highest BCUT2D eigenvalue weighted by Crippen LogP contribution is 2.40. The number of carbonyl (C=O) groups is 2. The van der Waals surface area contributed by atoms with Crippen molar-refractivity contribution in [1.29, 1.82) is 10.5 Å². The van der Waals surface area contributed by atoms with Crippen LogP contribution in [0.25, 0.3) is 21.7 Å². The quantitative estimate of drug-likeness (QED) is 0.0768. The fourth-order valence-corrected chi connectivity index (χ4v) is 7.54. The summed E-state index contributed by atoms with van der Waals surface area (Å²) in [5.41, 5.74) is 9.11. The maximum Gasteiger partial charge on any atom is 0.328 e. The van der Waals surface area contributed by atoms with Gasteiger partial charge in [-0.3, -0.25) is 4.79 Å². The zero-order valence-corrected chi connectivity index (χ0v) is 30.7. The van der Waals surface area contributed by atoms with Gasteiger partial charge in [-0.15, -0.1) is 11.3 Å². The molecule has 0 aliphatic carbocycles. The van der Waals surface area contributed by atoms with E-state index in [-0.39, 0.29) is 25.7 Å². The number of ether oxygens (including phenoxy) is 2. The van der Waals surface area contributed by atoms with E-state index in [4.69, 9.17) is 36.8 Å². The van der Waals surface area contributed by atoms with E-state index in [0.717, 1.165) is 42.2 Å². The molecular formula is C37H38ClN7O4S2.